The quantitative estimate of drug-likeness (QED) is 0.735. The minimum absolute atomic E-state index is 0.145. The summed E-state index contributed by atoms with van der Waals surface area (Å²) in [5.41, 5.74) is 0.777. The summed E-state index contributed by atoms with van der Waals surface area (Å²) < 4.78 is 31.4. The van der Waals surface area contributed by atoms with E-state index >= 15 is 0 Å². The van der Waals surface area contributed by atoms with Gasteiger partial charge in [-0.1, -0.05) is 0 Å². The van der Waals surface area contributed by atoms with Crippen LogP contribution in [0.2, 0.25) is 0 Å². The second kappa shape index (κ2) is 5.64. The van der Waals surface area contributed by atoms with Crippen molar-refractivity contribution < 1.29 is 18.0 Å². The van der Waals surface area contributed by atoms with Crippen LogP contribution in [0.25, 0.3) is 11.0 Å². The van der Waals surface area contributed by atoms with Gasteiger partial charge in [-0.25, -0.2) is 13.6 Å². The normalized spacial score (nSPS) is 10.7. The predicted octanol–water partition coefficient (Wildman–Crippen LogP) is 3.63. The fourth-order valence-electron chi connectivity index (χ4n) is 2.29. The third kappa shape index (κ3) is 3.11. The first-order chi connectivity index (χ1) is 10.9. The smallest absolute Gasteiger partial charge is 0.336 e. The highest BCUT2D eigenvalue weighted by atomic mass is 19.1. The molecule has 0 aliphatic carbocycles. The maximum absolute atomic E-state index is 13.2. The van der Waals surface area contributed by atoms with Crippen molar-refractivity contribution in [3.05, 3.63) is 75.6 Å². The zero-order valence-electron chi connectivity index (χ0n) is 12.0. The van der Waals surface area contributed by atoms with Gasteiger partial charge in [0, 0.05) is 34.8 Å². The number of halogens is 2. The van der Waals surface area contributed by atoms with Crippen molar-refractivity contribution in [3.8, 4) is 0 Å². The Morgan fingerprint density at radius 1 is 1.04 bits per heavy atom. The highest BCUT2D eigenvalue weighted by Crippen LogP contribution is 2.21. The summed E-state index contributed by atoms with van der Waals surface area (Å²) in [5, 5.41) is 3.24. The van der Waals surface area contributed by atoms with Gasteiger partial charge >= 0.3 is 5.63 Å². The van der Waals surface area contributed by atoms with Gasteiger partial charge in [0.1, 0.15) is 17.2 Å². The molecular formula is C17H11F2NO3. The van der Waals surface area contributed by atoms with Gasteiger partial charge in [-0.15, -0.1) is 0 Å². The van der Waals surface area contributed by atoms with E-state index in [1.807, 2.05) is 0 Å². The van der Waals surface area contributed by atoms with Crippen LogP contribution in [0, 0.1) is 18.6 Å². The Labute approximate surface area is 129 Å². The van der Waals surface area contributed by atoms with Crippen LogP contribution in [0.5, 0.6) is 0 Å². The monoisotopic (exact) mass is 315 g/mol. The molecule has 0 radical (unpaired) electrons. The van der Waals surface area contributed by atoms with Crippen molar-refractivity contribution in [1.82, 2.24) is 0 Å². The molecule has 1 heterocycles. The van der Waals surface area contributed by atoms with Gasteiger partial charge in [-0.05, 0) is 36.8 Å². The van der Waals surface area contributed by atoms with Crippen LogP contribution >= 0.6 is 0 Å². The Kier molecular flexibility index (Phi) is 3.65. The van der Waals surface area contributed by atoms with E-state index in [1.165, 1.54) is 12.1 Å². The van der Waals surface area contributed by atoms with Crippen LogP contribution in [-0.4, -0.2) is 5.91 Å². The first kappa shape index (κ1) is 14.9. The number of nitrogens with one attached hydrogen (secondary N) is 1. The van der Waals surface area contributed by atoms with Crippen LogP contribution in [-0.2, 0) is 0 Å². The van der Waals surface area contributed by atoms with Crippen LogP contribution < -0.4 is 10.9 Å². The molecule has 0 saturated carbocycles. The molecule has 4 nitrogen and oxygen atoms in total. The SMILES string of the molecule is Cc1cc(=O)oc2cc(NC(=O)c3cc(F)cc(F)c3)ccc12. The second-order valence-electron chi connectivity index (χ2n) is 5.07. The number of carbonyl (C=O) groups is 1. The van der Waals surface area contributed by atoms with Crippen LogP contribution in [0.4, 0.5) is 14.5 Å². The summed E-state index contributed by atoms with van der Waals surface area (Å²) in [6.07, 6.45) is 0. The highest BCUT2D eigenvalue weighted by molar-refractivity contribution is 6.05. The highest BCUT2D eigenvalue weighted by Gasteiger charge is 2.11. The summed E-state index contributed by atoms with van der Waals surface area (Å²) in [6, 6.07) is 8.71. The Balaban J connectivity index is 1.95. The molecule has 6 heteroatoms. The molecule has 3 rings (SSSR count). The number of benzene rings is 2. The molecule has 0 bridgehead atoms. The van der Waals surface area contributed by atoms with Crippen LogP contribution in [0.1, 0.15) is 15.9 Å². The van der Waals surface area contributed by atoms with Crippen molar-refractivity contribution in [2.75, 3.05) is 5.32 Å². The fraction of sp³-hybridized carbons (Fsp3) is 0.0588. The molecule has 1 N–H and O–H groups in total. The topological polar surface area (TPSA) is 59.3 Å². The van der Waals surface area contributed by atoms with Gasteiger partial charge in [0.2, 0.25) is 0 Å². The van der Waals surface area contributed by atoms with Crippen molar-refractivity contribution in [3.63, 3.8) is 0 Å². The van der Waals surface area contributed by atoms with E-state index in [4.69, 9.17) is 4.42 Å². The van der Waals surface area contributed by atoms with Gasteiger partial charge in [0.15, 0.2) is 0 Å². The number of amides is 1. The van der Waals surface area contributed by atoms with Crippen molar-refractivity contribution in [1.29, 1.82) is 0 Å². The minimum Gasteiger partial charge on any atom is -0.423 e. The van der Waals surface area contributed by atoms with Crippen LogP contribution in [0.15, 0.2) is 51.7 Å². The summed E-state index contributed by atoms with van der Waals surface area (Å²) >= 11 is 0. The number of rotatable bonds is 2. The molecule has 0 saturated heterocycles. The molecule has 0 aliphatic rings. The standard InChI is InChI=1S/C17H11F2NO3/c1-9-4-16(21)23-15-8-13(2-3-14(9)15)20-17(22)10-5-11(18)7-12(19)6-10/h2-8H,1H3,(H,20,22). The number of fused-ring (bicyclic) bond motifs is 1. The molecule has 1 amide bonds. The maximum Gasteiger partial charge on any atom is 0.336 e. The lowest BCUT2D eigenvalue weighted by atomic mass is 10.1. The molecule has 0 atom stereocenters. The predicted molar refractivity (Wildman–Crippen MR) is 81.5 cm³/mol. The zero-order chi connectivity index (χ0) is 16.6. The largest absolute Gasteiger partial charge is 0.423 e. The fourth-order valence-corrected chi connectivity index (χ4v) is 2.29. The summed E-state index contributed by atoms with van der Waals surface area (Å²) in [4.78, 5) is 23.4. The first-order valence-electron chi connectivity index (χ1n) is 6.74. The second-order valence-corrected chi connectivity index (χ2v) is 5.07. The molecule has 0 aliphatic heterocycles. The number of carbonyl (C=O) groups excluding carboxylic acids is 1. The molecular weight excluding hydrogens is 304 g/mol. The first-order valence-corrected chi connectivity index (χ1v) is 6.74. The van der Waals surface area contributed by atoms with Gasteiger partial charge in [0.05, 0.1) is 0 Å². The van der Waals surface area contributed by atoms with E-state index in [2.05, 4.69) is 5.32 Å². The maximum atomic E-state index is 13.2. The van der Waals surface area contributed by atoms with Crippen LogP contribution in [0.3, 0.4) is 0 Å². The third-order valence-electron chi connectivity index (χ3n) is 3.33. The zero-order valence-corrected chi connectivity index (χ0v) is 12.0. The molecule has 0 fully saturated rings. The summed E-state index contributed by atoms with van der Waals surface area (Å²) in [5.74, 6) is -2.34. The third-order valence-corrected chi connectivity index (χ3v) is 3.33. The van der Waals surface area contributed by atoms with E-state index in [0.717, 1.165) is 23.1 Å². The van der Waals surface area contributed by atoms with Gasteiger partial charge in [0.25, 0.3) is 5.91 Å². The minimum atomic E-state index is -0.838. The Morgan fingerprint density at radius 3 is 2.43 bits per heavy atom. The molecule has 0 spiro atoms. The van der Waals surface area contributed by atoms with E-state index in [0.29, 0.717) is 17.3 Å². The van der Waals surface area contributed by atoms with E-state index in [1.54, 1.807) is 19.1 Å². The number of aryl methyl sites for hydroxylation is 1. The number of hydrogen-bond donors (Lipinski definition) is 1. The summed E-state index contributed by atoms with van der Waals surface area (Å²) in [6.45, 7) is 1.77. The van der Waals surface area contributed by atoms with Gasteiger partial charge < -0.3 is 9.73 Å². The van der Waals surface area contributed by atoms with Crippen molar-refractivity contribution in [2.45, 2.75) is 6.92 Å². The molecule has 3 aromatic rings. The van der Waals surface area contributed by atoms with Gasteiger partial charge in [-0.3, -0.25) is 4.79 Å². The number of hydrogen-bond acceptors (Lipinski definition) is 3. The van der Waals surface area contributed by atoms with Crippen molar-refractivity contribution in [2.24, 2.45) is 0 Å². The summed E-state index contributed by atoms with van der Waals surface area (Å²) in [7, 11) is 0. The van der Waals surface area contributed by atoms with E-state index < -0.39 is 23.2 Å². The molecule has 0 unspecified atom stereocenters. The van der Waals surface area contributed by atoms with E-state index in [9.17, 15) is 18.4 Å². The van der Waals surface area contributed by atoms with Crippen molar-refractivity contribution >= 4 is 22.6 Å². The average molecular weight is 315 g/mol. The lowest BCUT2D eigenvalue weighted by molar-refractivity contribution is 0.102. The lowest BCUT2D eigenvalue weighted by Crippen LogP contribution is -2.12. The molecule has 1 aromatic heterocycles. The molecule has 23 heavy (non-hydrogen) atoms. The Hall–Kier alpha value is -3.02. The Bertz CT molecular complexity index is 959. The lowest BCUT2D eigenvalue weighted by Gasteiger charge is -2.07. The molecule has 2 aromatic carbocycles. The number of anilines is 1. The van der Waals surface area contributed by atoms with E-state index in [-0.39, 0.29) is 5.56 Å². The Morgan fingerprint density at radius 2 is 1.74 bits per heavy atom. The van der Waals surface area contributed by atoms with Gasteiger partial charge in [-0.2, -0.15) is 0 Å². The average Bonchev–Trinajstić information content (AvgIpc) is 2.45. The molecule has 116 valence electrons.